The molecule has 1 aliphatic rings. The van der Waals surface area contributed by atoms with Gasteiger partial charge in [0, 0.05) is 18.0 Å². The molecule has 2 rings (SSSR count). The van der Waals surface area contributed by atoms with E-state index in [2.05, 4.69) is 17.6 Å². The monoisotopic (exact) mass is 294 g/mol. The number of piperidine rings is 1. The van der Waals surface area contributed by atoms with Crippen LogP contribution in [0.4, 0.5) is 10.1 Å². The van der Waals surface area contributed by atoms with Crippen molar-refractivity contribution < 1.29 is 13.9 Å². The Hall–Kier alpha value is -1.62. The Morgan fingerprint density at radius 1 is 1.52 bits per heavy atom. The molecule has 0 unspecified atom stereocenters. The van der Waals surface area contributed by atoms with E-state index in [9.17, 15) is 9.18 Å². The van der Waals surface area contributed by atoms with Crippen LogP contribution in [0.1, 0.15) is 33.1 Å². The van der Waals surface area contributed by atoms with Crippen LogP contribution in [0.15, 0.2) is 18.2 Å². The number of carbonyl (C=O) groups is 1. The summed E-state index contributed by atoms with van der Waals surface area (Å²) in [4.78, 5) is 12.3. The van der Waals surface area contributed by atoms with Gasteiger partial charge in [-0.2, -0.15) is 0 Å². The van der Waals surface area contributed by atoms with E-state index < -0.39 is 0 Å². The number of halogens is 1. The van der Waals surface area contributed by atoms with E-state index in [1.165, 1.54) is 12.1 Å². The second-order valence-corrected chi connectivity index (χ2v) is 5.55. The van der Waals surface area contributed by atoms with Crippen molar-refractivity contribution >= 4 is 11.6 Å². The molecule has 1 aromatic rings. The largest absolute Gasteiger partial charge is 0.491 e. The van der Waals surface area contributed by atoms with Crippen molar-refractivity contribution in [1.82, 2.24) is 5.32 Å². The summed E-state index contributed by atoms with van der Waals surface area (Å²) < 4.78 is 18.8. The van der Waals surface area contributed by atoms with Crippen LogP contribution < -0.4 is 15.4 Å². The molecule has 4 nitrogen and oxygen atoms in total. The molecule has 1 heterocycles. The van der Waals surface area contributed by atoms with E-state index in [0.29, 0.717) is 24.1 Å². The summed E-state index contributed by atoms with van der Waals surface area (Å²) in [5.74, 6) is 0.00316. The van der Waals surface area contributed by atoms with Crippen molar-refractivity contribution in [3.8, 4) is 5.75 Å². The van der Waals surface area contributed by atoms with E-state index in [0.717, 1.165) is 25.8 Å². The summed E-state index contributed by atoms with van der Waals surface area (Å²) in [6.07, 6.45) is 2.47. The third-order valence-electron chi connectivity index (χ3n) is 3.66. The summed E-state index contributed by atoms with van der Waals surface area (Å²) in [6, 6.07) is 4.55. The lowest BCUT2D eigenvalue weighted by atomic mass is 9.92. The van der Waals surface area contributed by atoms with E-state index in [-0.39, 0.29) is 17.6 Å². The molecule has 0 radical (unpaired) electrons. The van der Waals surface area contributed by atoms with Crippen molar-refractivity contribution in [1.29, 1.82) is 0 Å². The van der Waals surface area contributed by atoms with Gasteiger partial charge in [-0.1, -0.05) is 6.92 Å². The number of benzene rings is 1. The number of hydrogen-bond acceptors (Lipinski definition) is 3. The van der Waals surface area contributed by atoms with Crippen LogP contribution in [-0.4, -0.2) is 25.1 Å². The fraction of sp³-hybridized carbons (Fsp3) is 0.562. The maximum atomic E-state index is 13.3. The zero-order valence-corrected chi connectivity index (χ0v) is 12.6. The van der Waals surface area contributed by atoms with Gasteiger partial charge in [0.1, 0.15) is 11.6 Å². The smallest absolute Gasteiger partial charge is 0.227 e. The Kier molecular flexibility index (Phi) is 5.56. The minimum Gasteiger partial charge on any atom is -0.491 e. The lowest BCUT2D eigenvalue weighted by Crippen LogP contribution is -2.40. The number of hydrogen-bond donors (Lipinski definition) is 2. The third-order valence-corrected chi connectivity index (χ3v) is 3.66. The lowest BCUT2D eigenvalue weighted by Gasteiger charge is -2.27. The summed E-state index contributed by atoms with van der Waals surface area (Å²) in [5, 5.41) is 6.20. The summed E-state index contributed by atoms with van der Waals surface area (Å²) in [7, 11) is 0. The average Bonchev–Trinajstić information content (AvgIpc) is 2.47. The average molecular weight is 294 g/mol. The minimum atomic E-state index is -0.366. The fourth-order valence-electron chi connectivity index (χ4n) is 2.54. The van der Waals surface area contributed by atoms with E-state index >= 15 is 0 Å². The highest BCUT2D eigenvalue weighted by atomic mass is 19.1. The number of rotatable bonds is 5. The zero-order valence-electron chi connectivity index (χ0n) is 12.6. The number of anilines is 1. The van der Waals surface area contributed by atoms with Gasteiger partial charge in [0.2, 0.25) is 5.91 Å². The molecular formula is C16H23FN2O2. The van der Waals surface area contributed by atoms with E-state index in [4.69, 9.17) is 4.74 Å². The number of ether oxygens (including phenoxy) is 1. The molecular weight excluding hydrogens is 271 g/mol. The second kappa shape index (κ2) is 7.41. The van der Waals surface area contributed by atoms with Crippen molar-refractivity contribution in [2.45, 2.75) is 39.2 Å². The zero-order chi connectivity index (χ0) is 15.2. The maximum Gasteiger partial charge on any atom is 0.227 e. The molecule has 5 heteroatoms. The Morgan fingerprint density at radius 3 is 3.05 bits per heavy atom. The quantitative estimate of drug-likeness (QED) is 0.878. The van der Waals surface area contributed by atoms with Crippen LogP contribution in [0.5, 0.6) is 5.75 Å². The molecule has 116 valence electrons. The van der Waals surface area contributed by atoms with Crippen molar-refractivity contribution in [2.75, 3.05) is 18.5 Å². The van der Waals surface area contributed by atoms with Gasteiger partial charge in [0.25, 0.3) is 0 Å². The summed E-state index contributed by atoms with van der Waals surface area (Å²) in [6.45, 7) is 5.40. The molecule has 1 amide bonds. The topological polar surface area (TPSA) is 50.4 Å². The van der Waals surface area contributed by atoms with Gasteiger partial charge in [-0.25, -0.2) is 4.39 Å². The molecule has 1 saturated heterocycles. The van der Waals surface area contributed by atoms with Gasteiger partial charge in [-0.05, 0) is 44.9 Å². The Bertz CT molecular complexity index is 493. The highest BCUT2D eigenvalue weighted by Gasteiger charge is 2.25. The van der Waals surface area contributed by atoms with Gasteiger partial charge in [0.15, 0.2) is 0 Å². The molecule has 0 saturated carbocycles. The first-order valence-corrected chi connectivity index (χ1v) is 7.56. The van der Waals surface area contributed by atoms with E-state index in [1.54, 1.807) is 6.07 Å². The molecule has 1 fully saturated rings. The molecule has 0 aliphatic carbocycles. The second-order valence-electron chi connectivity index (χ2n) is 5.55. The molecule has 2 N–H and O–H groups in total. The van der Waals surface area contributed by atoms with Gasteiger partial charge in [-0.3, -0.25) is 4.79 Å². The fourth-order valence-corrected chi connectivity index (χ4v) is 2.54. The maximum absolute atomic E-state index is 13.3. The standard InChI is InChI=1S/C16H23FN2O2/c1-3-8-21-15-10-13(17)4-5-14(15)19-16(20)12-6-7-18-11(2)9-12/h4-5,10-12,18H,3,6-9H2,1-2H3,(H,19,20)/t11-,12-/m0/s1. The minimum absolute atomic E-state index is 0.00896. The van der Waals surface area contributed by atoms with Crippen molar-refractivity contribution in [2.24, 2.45) is 5.92 Å². The van der Waals surface area contributed by atoms with Gasteiger partial charge in [-0.15, -0.1) is 0 Å². The Morgan fingerprint density at radius 2 is 2.33 bits per heavy atom. The predicted octanol–water partition coefficient (Wildman–Crippen LogP) is 2.94. The molecule has 2 atom stereocenters. The number of amides is 1. The van der Waals surface area contributed by atoms with Crippen molar-refractivity contribution in [3.05, 3.63) is 24.0 Å². The highest BCUT2D eigenvalue weighted by Crippen LogP contribution is 2.27. The van der Waals surface area contributed by atoms with Crippen LogP contribution in [0.25, 0.3) is 0 Å². The first kappa shape index (κ1) is 15.8. The van der Waals surface area contributed by atoms with Crippen LogP contribution in [0.3, 0.4) is 0 Å². The summed E-state index contributed by atoms with van der Waals surface area (Å²) >= 11 is 0. The normalized spacial score (nSPS) is 21.9. The number of nitrogens with one attached hydrogen (secondary N) is 2. The van der Waals surface area contributed by atoms with Crippen LogP contribution in [0.2, 0.25) is 0 Å². The highest BCUT2D eigenvalue weighted by molar-refractivity contribution is 5.94. The SMILES string of the molecule is CCCOc1cc(F)ccc1NC(=O)[C@H]1CCN[C@@H](C)C1. The van der Waals surface area contributed by atoms with Gasteiger partial charge in [0.05, 0.1) is 12.3 Å². The van der Waals surface area contributed by atoms with Crippen molar-refractivity contribution in [3.63, 3.8) is 0 Å². The molecule has 0 spiro atoms. The lowest BCUT2D eigenvalue weighted by molar-refractivity contribution is -0.120. The molecule has 21 heavy (non-hydrogen) atoms. The Labute approximate surface area is 125 Å². The van der Waals surface area contributed by atoms with E-state index in [1.807, 2.05) is 6.92 Å². The first-order chi connectivity index (χ1) is 10.1. The van der Waals surface area contributed by atoms with Gasteiger partial charge < -0.3 is 15.4 Å². The third kappa shape index (κ3) is 4.43. The molecule has 0 bridgehead atoms. The first-order valence-electron chi connectivity index (χ1n) is 7.56. The molecule has 1 aliphatic heterocycles. The van der Waals surface area contributed by atoms with Crippen LogP contribution >= 0.6 is 0 Å². The number of carbonyl (C=O) groups excluding carboxylic acids is 1. The predicted molar refractivity (Wildman–Crippen MR) is 81.0 cm³/mol. The molecule has 0 aromatic heterocycles. The Balaban J connectivity index is 2.05. The molecule has 1 aromatic carbocycles. The summed E-state index contributed by atoms with van der Waals surface area (Å²) in [5.41, 5.74) is 0.543. The van der Waals surface area contributed by atoms with Gasteiger partial charge >= 0.3 is 0 Å². The van der Waals surface area contributed by atoms with Crippen LogP contribution in [0, 0.1) is 11.7 Å². The van der Waals surface area contributed by atoms with Crippen LogP contribution in [-0.2, 0) is 4.79 Å².